The quantitative estimate of drug-likeness (QED) is 0.798. The first-order chi connectivity index (χ1) is 10.0. The van der Waals surface area contributed by atoms with E-state index in [0.29, 0.717) is 5.13 Å². The second-order valence-electron chi connectivity index (χ2n) is 5.29. The van der Waals surface area contributed by atoms with E-state index in [1.807, 2.05) is 16.9 Å². The first-order valence-corrected chi connectivity index (χ1v) is 7.56. The topological polar surface area (TPSA) is 72.9 Å². The van der Waals surface area contributed by atoms with Gasteiger partial charge in [-0.2, -0.15) is 5.10 Å². The van der Waals surface area contributed by atoms with Crippen LogP contribution in [0.3, 0.4) is 0 Å². The summed E-state index contributed by atoms with van der Waals surface area (Å²) in [5.74, 6) is 0. The van der Waals surface area contributed by atoms with Gasteiger partial charge in [0.1, 0.15) is 5.52 Å². The van der Waals surface area contributed by atoms with Gasteiger partial charge in [0.05, 0.1) is 35.0 Å². The van der Waals surface area contributed by atoms with E-state index in [-0.39, 0.29) is 0 Å². The molecule has 3 heterocycles. The van der Waals surface area contributed by atoms with E-state index in [4.69, 9.17) is 5.73 Å². The molecular formula is C14H18N6S. The third-order valence-electron chi connectivity index (χ3n) is 3.32. The van der Waals surface area contributed by atoms with Gasteiger partial charge in [-0.3, -0.25) is 9.67 Å². The zero-order valence-electron chi connectivity index (χ0n) is 12.4. The van der Waals surface area contributed by atoms with Crippen LogP contribution >= 0.6 is 11.3 Å². The summed E-state index contributed by atoms with van der Waals surface area (Å²) in [5.41, 5.74) is 9.70. The van der Waals surface area contributed by atoms with Gasteiger partial charge in [-0.15, -0.1) is 0 Å². The lowest BCUT2D eigenvalue weighted by Crippen LogP contribution is -2.19. The number of likely N-dealkylation sites (N-methyl/N-ethyl adjacent to an activating group) is 1. The van der Waals surface area contributed by atoms with Gasteiger partial charge < -0.3 is 10.6 Å². The summed E-state index contributed by atoms with van der Waals surface area (Å²) in [6.45, 7) is 3.83. The molecule has 0 radical (unpaired) electrons. The molecule has 0 fully saturated rings. The lowest BCUT2D eigenvalue weighted by molar-refractivity contribution is 0.374. The fourth-order valence-corrected chi connectivity index (χ4v) is 3.00. The van der Waals surface area contributed by atoms with Gasteiger partial charge in [0, 0.05) is 6.54 Å². The van der Waals surface area contributed by atoms with Crippen LogP contribution in [0.2, 0.25) is 0 Å². The number of nitrogens with zero attached hydrogens (tertiary/aromatic N) is 5. The zero-order valence-corrected chi connectivity index (χ0v) is 13.2. The van der Waals surface area contributed by atoms with Gasteiger partial charge in [0.2, 0.25) is 0 Å². The number of rotatable bonds is 4. The minimum atomic E-state index is 0.571. The van der Waals surface area contributed by atoms with Crippen molar-refractivity contribution < 1.29 is 0 Å². The Bertz CT molecular complexity index is 773. The molecule has 0 aromatic carbocycles. The second kappa shape index (κ2) is 5.42. The smallest absolute Gasteiger partial charge is 0.181 e. The highest BCUT2D eigenvalue weighted by atomic mass is 32.1. The Balaban J connectivity index is 2.02. The van der Waals surface area contributed by atoms with E-state index >= 15 is 0 Å². The number of nitrogens with two attached hydrogens (primary N) is 1. The summed E-state index contributed by atoms with van der Waals surface area (Å²) in [7, 11) is 4.11. The SMILES string of the molecule is Cc1cnn(CCN(C)C)c1-c1cc2sc(N)nc2cn1. The van der Waals surface area contributed by atoms with E-state index < -0.39 is 0 Å². The summed E-state index contributed by atoms with van der Waals surface area (Å²) < 4.78 is 3.06. The number of pyridine rings is 1. The molecule has 3 aromatic rings. The van der Waals surface area contributed by atoms with Crippen molar-refractivity contribution in [1.29, 1.82) is 0 Å². The van der Waals surface area contributed by atoms with Crippen molar-refractivity contribution in [2.45, 2.75) is 13.5 Å². The molecule has 0 aliphatic heterocycles. The maximum Gasteiger partial charge on any atom is 0.181 e. The number of anilines is 1. The molecule has 0 spiro atoms. The van der Waals surface area contributed by atoms with Gasteiger partial charge >= 0.3 is 0 Å². The van der Waals surface area contributed by atoms with Gasteiger partial charge in [-0.25, -0.2) is 4.98 Å². The molecule has 2 N–H and O–H groups in total. The van der Waals surface area contributed by atoms with Crippen molar-refractivity contribution in [2.24, 2.45) is 0 Å². The molecule has 6 nitrogen and oxygen atoms in total. The first kappa shape index (κ1) is 14.0. The zero-order chi connectivity index (χ0) is 15.0. The number of thiazole rings is 1. The largest absolute Gasteiger partial charge is 0.375 e. The second-order valence-corrected chi connectivity index (χ2v) is 6.35. The van der Waals surface area contributed by atoms with Crippen molar-refractivity contribution in [3.63, 3.8) is 0 Å². The lowest BCUT2D eigenvalue weighted by Gasteiger charge is -2.12. The Kier molecular flexibility index (Phi) is 3.60. The molecule has 0 saturated carbocycles. The molecule has 0 aliphatic rings. The number of nitrogen functional groups attached to an aromatic ring is 1. The minimum absolute atomic E-state index is 0.571. The predicted molar refractivity (Wildman–Crippen MR) is 86.3 cm³/mol. The van der Waals surface area contributed by atoms with Crippen LogP contribution in [0.1, 0.15) is 5.56 Å². The van der Waals surface area contributed by atoms with E-state index in [9.17, 15) is 0 Å². The highest BCUT2D eigenvalue weighted by Crippen LogP contribution is 2.28. The normalized spacial score (nSPS) is 11.6. The van der Waals surface area contributed by atoms with Crippen molar-refractivity contribution in [1.82, 2.24) is 24.6 Å². The molecule has 3 rings (SSSR count). The third kappa shape index (κ3) is 2.74. The van der Waals surface area contributed by atoms with Crippen LogP contribution in [0, 0.1) is 6.92 Å². The maximum absolute atomic E-state index is 5.76. The monoisotopic (exact) mass is 302 g/mol. The molecule has 0 atom stereocenters. The lowest BCUT2D eigenvalue weighted by atomic mass is 10.2. The highest BCUT2D eigenvalue weighted by Gasteiger charge is 2.13. The average molecular weight is 302 g/mol. The molecule has 0 bridgehead atoms. The molecule has 21 heavy (non-hydrogen) atoms. The Morgan fingerprint density at radius 3 is 2.90 bits per heavy atom. The van der Waals surface area contributed by atoms with Crippen LogP contribution in [0.4, 0.5) is 5.13 Å². The number of aryl methyl sites for hydroxylation is 1. The molecule has 0 aliphatic carbocycles. The number of aromatic nitrogens is 4. The van der Waals surface area contributed by atoms with Gasteiger partial charge in [0.15, 0.2) is 5.13 Å². The summed E-state index contributed by atoms with van der Waals surface area (Å²) in [4.78, 5) is 10.9. The summed E-state index contributed by atoms with van der Waals surface area (Å²) in [5, 5.41) is 5.03. The van der Waals surface area contributed by atoms with Crippen molar-refractivity contribution in [3.8, 4) is 11.4 Å². The molecule has 0 amide bonds. The molecule has 0 saturated heterocycles. The Hall–Kier alpha value is -1.99. The van der Waals surface area contributed by atoms with Crippen LogP contribution < -0.4 is 5.73 Å². The number of hydrogen-bond acceptors (Lipinski definition) is 6. The molecule has 7 heteroatoms. The van der Waals surface area contributed by atoms with Crippen LogP contribution in [-0.4, -0.2) is 45.3 Å². The maximum atomic E-state index is 5.76. The van der Waals surface area contributed by atoms with E-state index in [1.165, 1.54) is 11.3 Å². The standard InChI is InChI=1S/C14H18N6S/c1-9-7-17-20(5-4-19(2)3)13(9)10-6-12-11(8-16-10)18-14(15)21-12/h6-8H,4-5H2,1-3H3,(H2,15,18). The Morgan fingerprint density at radius 1 is 1.33 bits per heavy atom. The van der Waals surface area contributed by atoms with Gasteiger partial charge in [-0.05, 0) is 32.6 Å². The van der Waals surface area contributed by atoms with Crippen molar-refractivity contribution in [2.75, 3.05) is 26.4 Å². The molecule has 110 valence electrons. The number of fused-ring (bicyclic) bond motifs is 1. The summed E-state index contributed by atoms with van der Waals surface area (Å²) >= 11 is 1.48. The van der Waals surface area contributed by atoms with Crippen molar-refractivity contribution >= 4 is 26.7 Å². The van der Waals surface area contributed by atoms with E-state index in [0.717, 1.165) is 40.3 Å². The van der Waals surface area contributed by atoms with Crippen molar-refractivity contribution in [3.05, 3.63) is 24.0 Å². The molecular weight excluding hydrogens is 284 g/mol. The predicted octanol–water partition coefficient (Wildman–Crippen LogP) is 2.01. The highest BCUT2D eigenvalue weighted by molar-refractivity contribution is 7.22. The van der Waals surface area contributed by atoms with Crippen LogP contribution in [0.25, 0.3) is 21.6 Å². The molecule has 3 aromatic heterocycles. The molecule has 0 unspecified atom stereocenters. The van der Waals surface area contributed by atoms with Crippen LogP contribution in [-0.2, 0) is 6.54 Å². The summed E-state index contributed by atoms with van der Waals surface area (Å²) in [6, 6.07) is 2.04. The first-order valence-electron chi connectivity index (χ1n) is 6.74. The fourth-order valence-electron chi connectivity index (χ4n) is 2.26. The number of hydrogen-bond donors (Lipinski definition) is 1. The van der Waals surface area contributed by atoms with E-state index in [1.54, 1.807) is 6.20 Å². The third-order valence-corrected chi connectivity index (χ3v) is 4.16. The fraction of sp³-hybridized carbons (Fsp3) is 0.357. The van der Waals surface area contributed by atoms with E-state index in [2.05, 4.69) is 41.0 Å². The van der Waals surface area contributed by atoms with Gasteiger partial charge in [-0.1, -0.05) is 11.3 Å². The Labute approximate surface area is 127 Å². The van der Waals surface area contributed by atoms with Crippen LogP contribution in [0.5, 0.6) is 0 Å². The minimum Gasteiger partial charge on any atom is -0.375 e. The van der Waals surface area contributed by atoms with Gasteiger partial charge in [0.25, 0.3) is 0 Å². The Morgan fingerprint density at radius 2 is 2.14 bits per heavy atom. The summed E-state index contributed by atoms with van der Waals surface area (Å²) in [6.07, 6.45) is 3.66. The average Bonchev–Trinajstić information content (AvgIpc) is 2.97. The van der Waals surface area contributed by atoms with Crippen LogP contribution in [0.15, 0.2) is 18.5 Å².